The molecule has 0 bridgehead atoms. The third-order valence-corrected chi connectivity index (χ3v) is 4.29. The molecule has 0 aliphatic carbocycles. The molecule has 2 aromatic carbocycles. The Labute approximate surface area is 136 Å². The van der Waals surface area contributed by atoms with Gasteiger partial charge in [0.2, 0.25) is 4.96 Å². The third-order valence-electron chi connectivity index (χ3n) is 3.36. The smallest absolute Gasteiger partial charge is 0.204 e. The summed E-state index contributed by atoms with van der Waals surface area (Å²) >= 11 is 0.886. The van der Waals surface area contributed by atoms with Crippen molar-refractivity contribution >= 4 is 16.3 Å². The van der Waals surface area contributed by atoms with Crippen molar-refractivity contribution in [2.45, 2.75) is 0 Å². The Hall–Kier alpha value is -2.81. The van der Waals surface area contributed by atoms with Crippen molar-refractivity contribution in [3.63, 3.8) is 0 Å². The molecule has 0 radical (unpaired) electrons. The van der Waals surface area contributed by atoms with Crippen LogP contribution < -0.4 is 0 Å². The van der Waals surface area contributed by atoms with E-state index in [4.69, 9.17) is 0 Å². The van der Waals surface area contributed by atoms with Crippen LogP contribution in [0.3, 0.4) is 0 Å². The Kier molecular flexibility index (Phi) is 3.31. The quantitative estimate of drug-likeness (QED) is 0.311. The predicted molar refractivity (Wildman–Crippen MR) is 79.4 cm³/mol. The van der Waals surface area contributed by atoms with Crippen molar-refractivity contribution in [2.24, 2.45) is 0 Å². The fourth-order valence-corrected chi connectivity index (χ4v) is 3.07. The monoisotopic (exact) mass is 350 g/mol. The van der Waals surface area contributed by atoms with E-state index in [0.29, 0.717) is 16.9 Å². The lowest BCUT2D eigenvalue weighted by Gasteiger charge is -2.02. The molecule has 0 saturated carbocycles. The van der Waals surface area contributed by atoms with Crippen molar-refractivity contribution in [3.8, 4) is 22.0 Å². The zero-order chi connectivity index (χ0) is 16.8. The van der Waals surface area contributed by atoms with Gasteiger partial charge in [0, 0.05) is 5.56 Å². The Morgan fingerprint density at radius 2 is 1.62 bits per heavy atom. The van der Waals surface area contributed by atoms with E-state index in [1.54, 1.807) is 24.3 Å². The lowest BCUT2D eigenvalue weighted by molar-refractivity contribution is 0.410. The molecule has 0 saturated heterocycles. The van der Waals surface area contributed by atoms with Crippen LogP contribution in [0.2, 0.25) is 0 Å². The molecular formula is C15H6F4N4S. The van der Waals surface area contributed by atoms with Gasteiger partial charge >= 0.3 is 0 Å². The summed E-state index contributed by atoms with van der Waals surface area (Å²) in [6.45, 7) is 0. The Morgan fingerprint density at radius 1 is 0.875 bits per heavy atom. The molecular weight excluding hydrogens is 344 g/mol. The molecule has 0 spiro atoms. The van der Waals surface area contributed by atoms with Gasteiger partial charge in [-0.1, -0.05) is 41.7 Å². The van der Waals surface area contributed by atoms with Crippen LogP contribution in [0, 0.1) is 23.3 Å². The molecule has 0 unspecified atom stereocenters. The standard InChI is InChI=1S/C15H6F4N4S/c16-9-6-8(10(17)12(19)11(9)18)14-22-23-13(20-21-15(23)24-14)7-4-2-1-3-5-7/h1-6H. The number of halogens is 4. The van der Waals surface area contributed by atoms with Crippen LogP contribution in [0.5, 0.6) is 0 Å². The molecule has 0 aliphatic heterocycles. The van der Waals surface area contributed by atoms with E-state index in [2.05, 4.69) is 15.3 Å². The fourth-order valence-electron chi connectivity index (χ4n) is 2.22. The summed E-state index contributed by atoms with van der Waals surface area (Å²) in [6, 6.07) is 9.57. The highest BCUT2D eigenvalue weighted by Crippen LogP contribution is 2.32. The maximum atomic E-state index is 13.9. The van der Waals surface area contributed by atoms with Gasteiger partial charge in [-0.15, -0.1) is 10.2 Å². The summed E-state index contributed by atoms with van der Waals surface area (Å²) in [5, 5.41) is 12.0. The predicted octanol–water partition coefficient (Wildman–Crippen LogP) is 4.08. The molecule has 9 heteroatoms. The molecule has 4 aromatic rings. The van der Waals surface area contributed by atoms with Gasteiger partial charge in [0.25, 0.3) is 0 Å². The van der Waals surface area contributed by atoms with Crippen molar-refractivity contribution in [2.75, 3.05) is 0 Å². The molecule has 120 valence electrons. The highest BCUT2D eigenvalue weighted by Gasteiger charge is 2.23. The molecule has 4 nitrogen and oxygen atoms in total. The van der Waals surface area contributed by atoms with Crippen LogP contribution >= 0.6 is 11.3 Å². The molecule has 0 fully saturated rings. The lowest BCUT2D eigenvalue weighted by Crippen LogP contribution is -1.99. The molecule has 2 aromatic heterocycles. The summed E-state index contributed by atoms with van der Waals surface area (Å²) in [4.78, 5) is 0.313. The number of fused-ring (bicyclic) bond motifs is 1. The first kappa shape index (κ1) is 14.8. The van der Waals surface area contributed by atoms with Gasteiger partial charge in [-0.25, -0.2) is 17.6 Å². The van der Waals surface area contributed by atoms with E-state index in [1.165, 1.54) is 4.52 Å². The molecule has 0 N–H and O–H groups in total. The average molecular weight is 350 g/mol. The minimum absolute atomic E-state index is 0.0348. The van der Waals surface area contributed by atoms with Gasteiger partial charge in [-0.2, -0.15) is 9.61 Å². The second kappa shape index (κ2) is 5.38. The van der Waals surface area contributed by atoms with Gasteiger partial charge in [0.15, 0.2) is 34.1 Å². The first-order valence-electron chi connectivity index (χ1n) is 6.67. The van der Waals surface area contributed by atoms with Gasteiger partial charge in [-0.3, -0.25) is 0 Å². The highest BCUT2D eigenvalue weighted by atomic mass is 32.1. The number of nitrogens with zero attached hydrogens (tertiary/aromatic N) is 4. The number of rotatable bonds is 2. The number of hydrogen-bond donors (Lipinski definition) is 0. The number of aromatic nitrogens is 4. The lowest BCUT2D eigenvalue weighted by atomic mass is 10.2. The van der Waals surface area contributed by atoms with E-state index in [-0.39, 0.29) is 5.01 Å². The largest absolute Gasteiger partial charge is 0.235 e. The maximum Gasteiger partial charge on any atom is 0.235 e. The summed E-state index contributed by atoms with van der Waals surface area (Å²) in [5.41, 5.74) is 0.250. The summed E-state index contributed by atoms with van der Waals surface area (Å²) in [7, 11) is 0. The first-order valence-corrected chi connectivity index (χ1v) is 7.49. The van der Waals surface area contributed by atoms with E-state index in [0.717, 1.165) is 16.9 Å². The zero-order valence-corrected chi connectivity index (χ0v) is 12.5. The maximum absolute atomic E-state index is 13.9. The summed E-state index contributed by atoms with van der Waals surface area (Å²) < 4.78 is 55.2. The Morgan fingerprint density at radius 3 is 2.38 bits per heavy atom. The third kappa shape index (κ3) is 2.16. The molecule has 2 heterocycles. The van der Waals surface area contributed by atoms with Crippen LogP contribution in [0.15, 0.2) is 36.4 Å². The topological polar surface area (TPSA) is 43.1 Å². The van der Waals surface area contributed by atoms with Gasteiger partial charge in [-0.05, 0) is 6.07 Å². The van der Waals surface area contributed by atoms with Gasteiger partial charge < -0.3 is 0 Å². The van der Waals surface area contributed by atoms with Crippen LogP contribution in [0.1, 0.15) is 0 Å². The molecule has 0 aliphatic rings. The Bertz CT molecular complexity index is 1060. The normalized spacial score (nSPS) is 11.3. The van der Waals surface area contributed by atoms with Crippen LogP contribution in [-0.4, -0.2) is 19.8 Å². The fraction of sp³-hybridized carbons (Fsp3) is 0. The molecule has 24 heavy (non-hydrogen) atoms. The second-order valence-electron chi connectivity index (χ2n) is 4.84. The molecule has 0 atom stereocenters. The average Bonchev–Trinajstić information content (AvgIpc) is 3.17. The van der Waals surface area contributed by atoms with Crippen molar-refractivity contribution in [1.82, 2.24) is 19.8 Å². The van der Waals surface area contributed by atoms with E-state index in [1.807, 2.05) is 6.07 Å². The first-order chi connectivity index (χ1) is 11.6. The van der Waals surface area contributed by atoms with E-state index >= 15 is 0 Å². The minimum atomic E-state index is -1.88. The summed E-state index contributed by atoms with van der Waals surface area (Å²) in [6.07, 6.45) is 0. The highest BCUT2D eigenvalue weighted by molar-refractivity contribution is 7.19. The SMILES string of the molecule is Fc1cc(-c2nn3c(-c4ccccc4)nnc3s2)c(F)c(F)c1F. The zero-order valence-electron chi connectivity index (χ0n) is 11.7. The number of hydrogen-bond acceptors (Lipinski definition) is 4. The second-order valence-corrected chi connectivity index (χ2v) is 5.80. The van der Waals surface area contributed by atoms with Crippen molar-refractivity contribution < 1.29 is 17.6 Å². The number of benzene rings is 2. The van der Waals surface area contributed by atoms with Crippen molar-refractivity contribution in [3.05, 3.63) is 59.7 Å². The van der Waals surface area contributed by atoms with E-state index in [9.17, 15) is 17.6 Å². The minimum Gasteiger partial charge on any atom is -0.204 e. The van der Waals surface area contributed by atoms with Gasteiger partial charge in [0.05, 0.1) is 5.56 Å². The van der Waals surface area contributed by atoms with Crippen LogP contribution in [-0.2, 0) is 0 Å². The van der Waals surface area contributed by atoms with Crippen LogP contribution in [0.4, 0.5) is 17.6 Å². The van der Waals surface area contributed by atoms with Crippen LogP contribution in [0.25, 0.3) is 26.9 Å². The molecule has 4 rings (SSSR count). The molecule has 0 amide bonds. The Balaban J connectivity index is 1.90. The summed E-state index contributed by atoms with van der Waals surface area (Å²) in [5.74, 6) is -6.32. The van der Waals surface area contributed by atoms with Gasteiger partial charge in [0.1, 0.15) is 0 Å². The van der Waals surface area contributed by atoms with Crippen molar-refractivity contribution in [1.29, 1.82) is 0 Å². The van der Waals surface area contributed by atoms with E-state index < -0.39 is 28.8 Å².